The fourth-order valence-electron chi connectivity index (χ4n) is 3.30. The van der Waals surface area contributed by atoms with Gasteiger partial charge in [0.05, 0.1) is 12.6 Å². The number of fused-ring (bicyclic) bond motifs is 1. The molecule has 0 fully saturated rings. The first-order valence-electron chi connectivity index (χ1n) is 10.7. The van der Waals surface area contributed by atoms with Gasteiger partial charge in [-0.15, -0.1) is 24.0 Å². The molecule has 29 heavy (non-hydrogen) atoms. The highest BCUT2D eigenvalue weighted by Crippen LogP contribution is 2.18. The smallest absolute Gasteiger partial charge is 0.191 e. The Morgan fingerprint density at radius 3 is 2.72 bits per heavy atom. The Morgan fingerprint density at radius 2 is 2.00 bits per heavy atom. The van der Waals surface area contributed by atoms with Crippen LogP contribution in [0.5, 0.6) is 0 Å². The van der Waals surface area contributed by atoms with Gasteiger partial charge in [0, 0.05) is 45.9 Å². The SMILES string of the molecule is CCNC(=NCC(O)CN1CCc2ccccc2C1)NCCCOCC(C)C.I. The van der Waals surface area contributed by atoms with Gasteiger partial charge in [0.1, 0.15) is 0 Å². The lowest BCUT2D eigenvalue weighted by Gasteiger charge is -2.30. The van der Waals surface area contributed by atoms with Crippen molar-refractivity contribution in [1.29, 1.82) is 0 Å². The van der Waals surface area contributed by atoms with Gasteiger partial charge in [0.15, 0.2) is 5.96 Å². The van der Waals surface area contributed by atoms with Crippen molar-refractivity contribution in [2.75, 3.05) is 45.9 Å². The van der Waals surface area contributed by atoms with Gasteiger partial charge in [0.2, 0.25) is 0 Å². The first-order valence-corrected chi connectivity index (χ1v) is 10.7. The zero-order valence-corrected chi connectivity index (χ0v) is 20.5. The lowest BCUT2D eigenvalue weighted by atomic mass is 10.00. The first kappa shape index (κ1) is 26.1. The van der Waals surface area contributed by atoms with E-state index in [4.69, 9.17) is 4.74 Å². The standard InChI is InChI=1S/C22H38N4O2.HI/c1-4-23-22(24-11-7-13-28-17-18(2)3)25-14-21(27)16-26-12-10-19-8-5-6-9-20(19)15-26;/h5-6,8-9,18,21,27H,4,7,10-17H2,1-3H3,(H2,23,24,25);1H. The van der Waals surface area contributed by atoms with Crippen molar-refractivity contribution in [1.82, 2.24) is 15.5 Å². The van der Waals surface area contributed by atoms with Gasteiger partial charge in [0.25, 0.3) is 0 Å². The van der Waals surface area contributed by atoms with E-state index in [2.05, 4.69) is 58.6 Å². The second-order valence-corrected chi connectivity index (χ2v) is 7.88. The van der Waals surface area contributed by atoms with Gasteiger partial charge in [-0.2, -0.15) is 0 Å². The number of β-amino-alcohol motifs (C(OH)–C–C–N with tert-alkyl or cyclic N) is 1. The lowest BCUT2D eigenvalue weighted by molar-refractivity contribution is 0.108. The summed E-state index contributed by atoms with van der Waals surface area (Å²) in [6.07, 6.45) is 1.53. The molecule has 1 aromatic carbocycles. The molecule has 1 aliphatic heterocycles. The van der Waals surface area contributed by atoms with E-state index >= 15 is 0 Å². The minimum Gasteiger partial charge on any atom is -0.390 e. The minimum absolute atomic E-state index is 0. The Morgan fingerprint density at radius 1 is 1.24 bits per heavy atom. The van der Waals surface area contributed by atoms with Crippen molar-refractivity contribution in [3.8, 4) is 0 Å². The maximum atomic E-state index is 10.4. The summed E-state index contributed by atoms with van der Waals surface area (Å²) in [4.78, 5) is 6.86. The number of aliphatic hydroxyl groups excluding tert-OH is 1. The van der Waals surface area contributed by atoms with Gasteiger partial charge in [-0.05, 0) is 36.8 Å². The van der Waals surface area contributed by atoms with Gasteiger partial charge in [-0.3, -0.25) is 9.89 Å². The number of hydrogen-bond acceptors (Lipinski definition) is 4. The number of nitrogens with one attached hydrogen (secondary N) is 2. The molecule has 0 radical (unpaired) electrons. The van der Waals surface area contributed by atoms with Crippen LogP contribution in [0.2, 0.25) is 0 Å². The number of guanidine groups is 1. The van der Waals surface area contributed by atoms with Gasteiger partial charge >= 0.3 is 0 Å². The first-order chi connectivity index (χ1) is 13.6. The normalized spacial score (nSPS) is 15.6. The maximum Gasteiger partial charge on any atom is 0.191 e. The molecule has 0 aliphatic carbocycles. The van der Waals surface area contributed by atoms with Crippen LogP contribution >= 0.6 is 24.0 Å². The molecule has 7 heteroatoms. The highest BCUT2D eigenvalue weighted by Gasteiger charge is 2.18. The molecule has 0 saturated carbocycles. The minimum atomic E-state index is -0.463. The Labute approximate surface area is 193 Å². The Balaban J connectivity index is 0.00000420. The average Bonchev–Trinajstić information content (AvgIpc) is 2.68. The van der Waals surface area contributed by atoms with E-state index in [0.29, 0.717) is 19.0 Å². The predicted molar refractivity (Wildman–Crippen MR) is 131 cm³/mol. The molecule has 1 heterocycles. The fraction of sp³-hybridized carbons (Fsp3) is 0.682. The summed E-state index contributed by atoms with van der Waals surface area (Å²) in [5.74, 6) is 1.33. The maximum absolute atomic E-state index is 10.4. The lowest BCUT2D eigenvalue weighted by Crippen LogP contribution is -2.40. The number of aliphatic imine (C=N–C) groups is 1. The number of benzene rings is 1. The largest absolute Gasteiger partial charge is 0.390 e. The molecule has 6 nitrogen and oxygen atoms in total. The molecule has 0 bridgehead atoms. The summed E-state index contributed by atoms with van der Waals surface area (Å²) < 4.78 is 5.60. The molecule has 3 N–H and O–H groups in total. The molecule has 1 aliphatic rings. The molecular formula is C22H39IN4O2. The molecule has 166 valence electrons. The third-order valence-electron chi connectivity index (χ3n) is 4.69. The van der Waals surface area contributed by atoms with Crippen molar-refractivity contribution in [3.05, 3.63) is 35.4 Å². The zero-order valence-electron chi connectivity index (χ0n) is 18.2. The Kier molecular flexibility index (Phi) is 13.5. The van der Waals surface area contributed by atoms with E-state index in [-0.39, 0.29) is 24.0 Å². The van der Waals surface area contributed by atoms with Crippen LogP contribution in [0.4, 0.5) is 0 Å². The molecule has 0 aromatic heterocycles. The summed E-state index contributed by atoms with van der Waals surface area (Å²) >= 11 is 0. The summed E-state index contributed by atoms with van der Waals surface area (Å²) in [7, 11) is 0. The van der Waals surface area contributed by atoms with Gasteiger partial charge in [-0.1, -0.05) is 38.1 Å². The van der Waals surface area contributed by atoms with Crippen LogP contribution in [0.15, 0.2) is 29.3 Å². The molecule has 1 atom stereocenters. The molecule has 0 saturated heterocycles. The van der Waals surface area contributed by atoms with E-state index in [1.807, 2.05) is 6.92 Å². The average molecular weight is 518 g/mol. The van der Waals surface area contributed by atoms with Gasteiger partial charge in [-0.25, -0.2) is 0 Å². The summed E-state index contributed by atoms with van der Waals surface area (Å²) in [6, 6.07) is 8.58. The van der Waals surface area contributed by atoms with Crippen LogP contribution in [0.3, 0.4) is 0 Å². The highest BCUT2D eigenvalue weighted by atomic mass is 127. The number of ether oxygens (including phenoxy) is 1. The molecule has 0 spiro atoms. The third kappa shape index (κ3) is 10.6. The van der Waals surface area contributed by atoms with E-state index in [1.54, 1.807) is 0 Å². The van der Waals surface area contributed by atoms with E-state index < -0.39 is 6.10 Å². The van der Waals surface area contributed by atoms with E-state index in [9.17, 15) is 5.11 Å². The number of hydrogen-bond donors (Lipinski definition) is 3. The van der Waals surface area contributed by atoms with E-state index in [0.717, 1.165) is 58.2 Å². The van der Waals surface area contributed by atoms with E-state index in [1.165, 1.54) is 11.1 Å². The molecule has 2 rings (SSSR count). The second kappa shape index (κ2) is 15.0. The summed E-state index contributed by atoms with van der Waals surface area (Å²) in [5, 5.41) is 17.0. The van der Waals surface area contributed by atoms with Crippen LogP contribution in [0.1, 0.15) is 38.3 Å². The Hall–Kier alpha value is -0.900. The summed E-state index contributed by atoms with van der Waals surface area (Å²) in [5.41, 5.74) is 2.81. The number of rotatable bonds is 11. The van der Waals surface area contributed by atoms with Crippen molar-refractivity contribution in [2.24, 2.45) is 10.9 Å². The van der Waals surface area contributed by atoms with Gasteiger partial charge < -0.3 is 20.5 Å². The number of aliphatic hydroxyl groups is 1. The number of nitrogens with zero attached hydrogens (tertiary/aromatic N) is 2. The van der Waals surface area contributed by atoms with Crippen molar-refractivity contribution in [3.63, 3.8) is 0 Å². The van der Waals surface area contributed by atoms with Crippen LogP contribution < -0.4 is 10.6 Å². The topological polar surface area (TPSA) is 69.1 Å². The van der Waals surface area contributed by atoms with Crippen molar-refractivity contribution >= 4 is 29.9 Å². The number of halogens is 1. The summed E-state index contributed by atoms with van der Waals surface area (Å²) in [6.45, 7) is 12.5. The van der Waals surface area contributed by atoms with Crippen LogP contribution in [0.25, 0.3) is 0 Å². The highest BCUT2D eigenvalue weighted by molar-refractivity contribution is 14.0. The third-order valence-corrected chi connectivity index (χ3v) is 4.69. The second-order valence-electron chi connectivity index (χ2n) is 7.88. The molecule has 0 amide bonds. The predicted octanol–water partition coefficient (Wildman–Crippen LogP) is 2.64. The molecule has 1 unspecified atom stereocenters. The van der Waals surface area contributed by atoms with Crippen molar-refractivity contribution in [2.45, 2.75) is 46.3 Å². The van der Waals surface area contributed by atoms with Crippen molar-refractivity contribution < 1.29 is 9.84 Å². The van der Waals surface area contributed by atoms with Crippen LogP contribution in [0, 0.1) is 5.92 Å². The Bertz CT molecular complexity index is 598. The van der Waals surface area contributed by atoms with Crippen LogP contribution in [-0.4, -0.2) is 68.0 Å². The van der Waals surface area contributed by atoms with Crippen LogP contribution in [-0.2, 0) is 17.7 Å². The monoisotopic (exact) mass is 518 g/mol. The molecular weight excluding hydrogens is 479 g/mol. The zero-order chi connectivity index (χ0) is 20.2. The fourth-order valence-corrected chi connectivity index (χ4v) is 3.30. The quantitative estimate of drug-likeness (QED) is 0.182. The molecule has 1 aromatic rings.